The number of carbonyl (C=O) groups excluding carboxylic acids is 1. The molecule has 168 valence electrons. The van der Waals surface area contributed by atoms with Gasteiger partial charge in [-0.15, -0.1) is 0 Å². The molecule has 3 aromatic heterocycles. The number of hydrogen-bond acceptors (Lipinski definition) is 6. The standard InChI is InChI=1S/C24H17F2N7O/c1-13-4-2-5-14(10-13)24(34)32-17-8-7-16(25)20(18(17)26)33-22-15(6-3-9-27-22)19-21-23(30-11-28-19)31-12-29-21/h2-12H,1H3,(H,27,33)(H,32,34)(H,28,29,30,31). The minimum atomic E-state index is -0.967. The number of H-pyrrole nitrogens is 1. The third-order valence-corrected chi connectivity index (χ3v) is 5.14. The maximum atomic E-state index is 15.3. The van der Waals surface area contributed by atoms with Crippen molar-refractivity contribution >= 4 is 34.3 Å². The fourth-order valence-corrected chi connectivity index (χ4v) is 3.52. The van der Waals surface area contributed by atoms with Crippen LogP contribution in [-0.4, -0.2) is 30.8 Å². The molecule has 0 fully saturated rings. The molecule has 3 N–H and O–H groups in total. The zero-order chi connectivity index (χ0) is 23.7. The summed E-state index contributed by atoms with van der Waals surface area (Å²) in [6.07, 6.45) is 4.31. The van der Waals surface area contributed by atoms with Crippen molar-refractivity contribution < 1.29 is 13.6 Å². The van der Waals surface area contributed by atoms with Gasteiger partial charge >= 0.3 is 0 Å². The van der Waals surface area contributed by atoms with Gasteiger partial charge in [0.1, 0.15) is 34.9 Å². The van der Waals surface area contributed by atoms with Crippen molar-refractivity contribution in [2.75, 3.05) is 10.6 Å². The van der Waals surface area contributed by atoms with Gasteiger partial charge in [0.25, 0.3) is 5.91 Å². The predicted molar refractivity (Wildman–Crippen MR) is 124 cm³/mol. The van der Waals surface area contributed by atoms with Crippen molar-refractivity contribution in [2.24, 2.45) is 0 Å². The fraction of sp³-hybridized carbons (Fsp3) is 0.0417. The molecule has 8 nitrogen and oxygen atoms in total. The number of benzene rings is 2. The number of aryl methyl sites for hydroxylation is 1. The van der Waals surface area contributed by atoms with Crippen LogP contribution < -0.4 is 10.6 Å². The second-order valence-corrected chi connectivity index (χ2v) is 7.45. The first kappa shape index (κ1) is 21.1. The van der Waals surface area contributed by atoms with E-state index in [1.165, 1.54) is 24.9 Å². The van der Waals surface area contributed by atoms with Gasteiger partial charge in [0.15, 0.2) is 11.5 Å². The molecular weight excluding hydrogens is 440 g/mol. The van der Waals surface area contributed by atoms with Crippen LogP contribution in [0.5, 0.6) is 0 Å². The van der Waals surface area contributed by atoms with Crippen LogP contribution in [-0.2, 0) is 0 Å². The number of halogens is 2. The van der Waals surface area contributed by atoms with Crippen LogP contribution in [0.15, 0.2) is 67.4 Å². The molecule has 3 heterocycles. The first-order valence-electron chi connectivity index (χ1n) is 10.2. The molecule has 34 heavy (non-hydrogen) atoms. The quantitative estimate of drug-likeness (QED) is 0.343. The van der Waals surface area contributed by atoms with Gasteiger partial charge in [-0.1, -0.05) is 17.7 Å². The Morgan fingerprint density at radius 1 is 1.00 bits per heavy atom. The zero-order valence-electron chi connectivity index (χ0n) is 17.8. The van der Waals surface area contributed by atoms with Gasteiger partial charge in [0, 0.05) is 17.3 Å². The van der Waals surface area contributed by atoms with Gasteiger partial charge in [0.2, 0.25) is 0 Å². The van der Waals surface area contributed by atoms with Crippen molar-refractivity contribution in [3.05, 3.63) is 90.1 Å². The smallest absolute Gasteiger partial charge is 0.255 e. The van der Waals surface area contributed by atoms with E-state index in [9.17, 15) is 9.18 Å². The van der Waals surface area contributed by atoms with E-state index in [0.29, 0.717) is 28.0 Å². The number of carbonyl (C=O) groups is 1. The van der Waals surface area contributed by atoms with Crippen LogP contribution in [0, 0.1) is 18.6 Å². The summed E-state index contributed by atoms with van der Waals surface area (Å²) in [6, 6.07) is 12.5. The molecule has 0 aliphatic carbocycles. The molecule has 5 rings (SSSR count). The maximum Gasteiger partial charge on any atom is 0.255 e. The lowest BCUT2D eigenvalue weighted by Gasteiger charge is -2.14. The molecule has 0 saturated carbocycles. The third-order valence-electron chi connectivity index (χ3n) is 5.14. The zero-order valence-corrected chi connectivity index (χ0v) is 17.8. The van der Waals surface area contributed by atoms with Crippen LogP contribution in [0.4, 0.5) is 26.0 Å². The van der Waals surface area contributed by atoms with Gasteiger partial charge in [0.05, 0.1) is 12.0 Å². The van der Waals surface area contributed by atoms with Crippen LogP contribution in [0.2, 0.25) is 0 Å². The lowest BCUT2D eigenvalue weighted by molar-refractivity contribution is 0.102. The van der Waals surface area contributed by atoms with Crippen molar-refractivity contribution in [3.63, 3.8) is 0 Å². The summed E-state index contributed by atoms with van der Waals surface area (Å²) in [7, 11) is 0. The first-order valence-corrected chi connectivity index (χ1v) is 10.2. The van der Waals surface area contributed by atoms with E-state index in [1.54, 1.807) is 30.3 Å². The normalized spacial score (nSPS) is 10.9. The monoisotopic (exact) mass is 457 g/mol. The largest absolute Gasteiger partial charge is 0.335 e. The van der Waals surface area contributed by atoms with Gasteiger partial charge in [-0.25, -0.2) is 28.7 Å². The van der Waals surface area contributed by atoms with Crippen molar-refractivity contribution in [1.82, 2.24) is 24.9 Å². The number of hydrogen-bond donors (Lipinski definition) is 3. The Kier molecular flexibility index (Phi) is 5.38. The Morgan fingerprint density at radius 2 is 1.88 bits per heavy atom. The van der Waals surface area contributed by atoms with Crippen LogP contribution in [0.3, 0.4) is 0 Å². The molecule has 0 atom stereocenters. The Bertz CT molecular complexity index is 1530. The molecule has 0 spiro atoms. The summed E-state index contributed by atoms with van der Waals surface area (Å²) in [5.74, 6) is -2.17. The molecule has 0 aliphatic rings. The van der Waals surface area contributed by atoms with E-state index in [4.69, 9.17) is 0 Å². The van der Waals surface area contributed by atoms with Gasteiger partial charge in [-0.3, -0.25) is 4.79 Å². The lowest BCUT2D eigenvalue weighted by atomic mass is 10.1. The van der Waals surface area contributed by atoms with E-state index in [0.717, 1.165) is 11.6 Å². The number of imidazole rings is 1. The minimum absolute atomic E-state index is 0.158. The molecule has 0 aliphatic heterocycles. The predicted octanol–water partition coefficient (Wildman–Crippen LogP) is 5.00. The molecule has 0 saturated heterocycles. The average Bonchev–Trinajstić information content (AvgIpc) is 3.33. The number of pyridine rings is 1. The number of fused-ring (bicyclic) bond motifs is 1. The number of anilines is 3. The Balaban J connectivity index is 1.51. The summed E-state index contributed by atoms with van der Waals surface area (Å²) in [4.78, 5) is 32.3. The Morgan fingerprint density at radius 3 is 2.74 bits per heavy atom. The second-order valence-electron chi connectivity index (χ2n) is 7.45. The number of amides is 1. The number of nitrogens with zero attached hydrogens (tertiary/aromatic N) is 4. The van der Waals surface area contributed by atoms with E-state index in [-0.39, 0.29) is 11.5 Å². The van der Waals surface area contributed by atoms with Crippen LogP contribution in [0.25, 0.3) is 22.4 Å². The Labute approximate surface area is 192 Å². The molecule has 10 heteroatoms. The van der Waals surface area contributed by atoms with E-state index in [1.807, 2.05) is 13.0 Å². The molecule has 5 aromatic rings. The maximum absolute atomic E-state index is 15.3. The summed E-state index contributed by atoms with van der Waals surface area (Å²) in [6.45, 7) is 1.84. The van der Waals surface area contributed by atoms with E-state index >= 15 is 4.39 Å². The molecule has 0 bridgehead atoms. The number of aromatic amines is 1. The molecule has 2 aromatic carbocycles. The van der Waals surface area contributed by atoms with Gasteiger partial charge in [-0.05, 0) is 43.3 Å². The molecule has 0 unspecified atom stereocenters. The minimum Gasteiger partial charge on any atom is -0.335 e. The molecule has 0 radical (unpaired) electrons. The summed E-state index contributed by atoms with van der Waals surface area (Å²) in [5, 5.41) is 5.21. The lowest BCUT2D eigenvalue weighted by Crippen LogP contribution is -2.14. The van der Waals surface area contributed by atoms with Crippen molar-refractivity contribution in [1.29, 1.82) is 0 Å². The number of rotatable bonds is 5. The highest BCUT2D eigenvalue weighted by molar-refractivity contribution is 6.04. The highest BCUT2D eigenvalue weighted by Gasteiger charge is 2.20. The third kappa shape index (κ3) is 3.92. The molecular formula is C24H17F2N7O. The van der Waals surface area contributed by atoms with E-state index in [2.05, 4.69) is 35.6 Å². The fourth-order valence-electron chi connectivity index (χ4n) is 3.52. The summed E-state index contributed by atoms with van der Waals surface area (Å²) < 4.78 is 30.0. The molecule has 1 amide bonds. The van der Waals surface area contributed by atoms with Gasteiger partial charge < -0.3 is 15.6 Å². The highest BCUT2D eigenvalue weighted by atomic mass is 19.1. The topological polar surface area (TPSA) is 108 Å². The van der Waals surface area contributed by atoms with Gasteiger partial charge in [-0.2, -0.15) is 0 Å². The SMILES string of the molecule is Cc1cccc(C(=O)Nc2ccc(F)c(Nc3ncccc3-c3ncnc4[nH]cnc34)c2F)c1. The highest BCUT2D eigenvalue weighted by Crippen LogP contribution is 2.33. The number of aromatic nitrogens is 5. The number of nitrogens with one attached hydrogen (secondary N) is 3. The van der Waals surface area contributed by atoms with E-state index < -0.39 is 23.2 Å². The van der Waals surface area contributed by atoms with Crippen molar-refractivity contribution in [3.8, 4) is 11.3 Å². The average molecular weight is 457 g/mol. The van der Waals surface area contributed by atoms with Crippen LogP contribution in [0.1, 0.15) is 15.9 Å². The second kappa shape index (κ2) is 8.66. The summed E-state index contributed by atoms with van der Waals surface area (Å²) in [5.41, 5.74) is 2.50. The Hall–Kier alpha value is -4.73. The first-order chi connectivity index (χ1) is 16.5. The summed E-state index contributed by atoms with van der Waals surface area (Å²) >= 11 is 0. The van der Waals surface area contributed by atoms with Crippen molar-refractivity contribution in [2.45, 2.75) is 6.92 Å². The van der Waals surface area contributed by atoms with Crippen LogP contribution >= 0.6 is 0 Å².